The van der Waals surface area contributed by atoms with E-state index in [0.29, 0.717) is 23.7 Å². The number of carbonyl (C=O) groups excluding carboxylic acids is 1. The second-order valence-electron chi connectivity index (χ2n) is 8.69. The zero-order valence-electron chi connectivity index (χ0n) is 20.2. The van der Waals surface area contributed by atoms with Gasteiger partial charge in [0.1, 0.15) is 16.5 Å². The number of rotatable bonds is 7. The van der Waals surface area contributed by atoms with Gasteiger partial charge in [-0.25, -0.2) is 18.2 Å². The normalized spacial score (nSPS) is 11.2. The summed E-state index contributed by atoms with van der Waals surface area (Å²) in [6.45, 7) is 0.355. The number of thiophene rings is 1. The Hall–Kier alpha value is -4.25. The maximum atomic E-state index is 12.3. The van der Waals surface area contributed by atoms with Crippen LogP contribution in [0.5, 0.6) is 0 Å². The first-order valence-electron chi connectivity index (χ1n) is 11.7. The second-order valence-corrected chi connectivity index (χ2v) is 10.6. The first kappa shape index (κ1) is 25.4. The molecule has 3 aromatic carbocycles. The summed E-state index contributed by atoms with van der Waals surface area (Å²) in [5, 5.41) is 2.88. The molecule has 0 aliphatic rings. The lowest BCUT2D eigenvalue weighted by molar-refractivity contribution is 0.256. The Morgan fingerprint density at radius 2 is 1.58 bits per heavy atom. The Morgan fingerprint density at radius 1 is 0.895 bits per heavy atom. The van der Waals surface area contributed by atoms with Gasteiger partial charge in [-0.05, 0) is 51.9 Å². The van der Waals surface area contributed by atoms with E-state index in [0.717, 1.165) is 43.5 Å². The van der Waals surface area contributed by atoms with E-state index in [1.807, 2.05) is 78.2 Å². The summed E-state index contributed by atoms with van der Waals surface area (Å²) in [4.78, 5) is 18.2. The molecule has 6 N–H and O–H groups in total. The molecule has 192 valence electrons. The summed E-state index contributed by atoms with van der Waals surface area (Å²) < 4.78 is 23.1. The van der Waals surface area contributed by atoms with Crippen molar-refractivity contribution in [2.45, 2.75) is 12.3 Å². The van der Waals surface area contributed by atoms with Crippen LogP contribution in [-0.2, 0) is 23.0 Å². The van der Waals surface area contributed by atoms with Gasteiger partial charge in [0.05, 0.1) is 17.1 Å². The van der Waals surface area contributed by atoms with Crippen LogP contribution in [0.25, 0.3) is 32.3 Å². The van der Waals surface area contributed by atoms with Crippen LogP contribution in [0.3, 0.4) is 0 Å². The van der Waals surface area contributed by atoms with Crippen molar-refractivity contribution in [3.8, 4) is 22.3 Å². The number of fused-ring (bicyclic) bond motifs is 1. The van der Waals surface area contributed by atoms with Gasteiger partial charge in [0, 0.05) is 34.0 Å². The van der Waals surface area contributed by atoms with Gasteiger partial charge in [-0.15, -0.1) is 11.3 Å². The summed E-state index contributed by atoms with van der Waals surface area (Å²) in [5.74, 6) is 0.428. The van der Waals surface area contributed by atoms with Crippen LogP contribution in [-0.4, -0.2) is 19.4 Å². The third-order valence-corrected chi connectivity index (χ3v) is 7.90. The molecule has 0 aliphatic heterocycles. The molecule has 5 rings (SSSR count). The Morgan fingerprint density at radius 3 is 2.24 bits per heavy atom. The standard InChI is InChI=1S/C28H25N5O3S2/c29-13-18-2-1-3-22(12-18)33(28(31)34)21-10-8-20(9-11-21)24-15-37-26-23(14-32-27(30)25(24)26)19-6-4-17(5-7-19)16-38(35)36/h1-12,14-15,38H,13,16,29H2,(H2,30,32)(H2,31,34). The molecule has 2 heterocycles. The van der Waals surface area contributed by atoms with E-state index in [9.17, 15) is 13.2 Å². The molecular formula is C28H25N5O3S2. The molecule has 0 bridgehead atoms. The molecule has 0 spiro atoms. The van der Waals surface area contributed by atoms with E-state index in [-0.39, 0.29) is 5.75 Å². The minimum Gasteiger partial charge on any atom is -0.383 e. The number of amides is 2. The highest BCUT2D eigenvalue weighted by atomic mass is 32.2. The Bertz CT molecular complexity index is 1700. The number of nitrogens with two attached hydrogens (primary N) is 3. The number of benzene rings is 3. The van der Waals surface area contributed by atoms with E-state index in [1.165, 1.54) is 4.90 Å². The van der Waals surface area contributed by atoms with Gasteiger partial charge in [0.25, 0.3) is 0 Å². The maximum absolute atomic E-state index is 12.3. The molecule has 10 heteroatoms. The Labute approximate surface area is 225 Å². The minimum atomic E-state index is -2.48. The van der Waals surface area contributed by atoms with Crippen LogP contribution in [0.1, 0.15) is 11.1 Å². The largest absolute Gasteiger partial charge is 0.383 e. The fraction of sp³-hybridized carbons (Fsp3) is 0.0714. The molecule has 0 fully saturated rings. The zero-order valence-corrected chi connectivity index (χ0v) is 21.9. The molecule has 0 atom stereocenters. The van der Waals surface area contributed by atoms with E-state index < -0.39 is 16.7 Å². The molecule has 0 radical (unpaired) electrons. The highest BCUT2D eigenvalue weighted by Gasteiger charge is 2.18. The monoisotopic (exact) mass is 543 g/mol. The molecule has 0 saturated carbocycles. The average molecular weight is 544 g/mol. The summed E-state index contributed by atoms with van der Waals surface area (Å²) in [6, 6.07) is 21.7. The Kier molecular flexibility index (Phi) is 7.10. The molecule has 8 nitrogen and oxygen atoms in total. The van der Waals surface area contributed by atoms with Crippen molar-refractivity contribution in [1.82, 2.24) is 4.98 Å². The van der Waals surface area contributed by atoms with Crippen molar-refractivity contribution in [2.24, 2.45) is 11.5 Å². The van der Waals surface area contributed by atoms with Crippen LogP contribution in [0.4, 0.5) is 22.0 Å². The Balaban J connectivity index is 1.52. The third kappa shape index (κ3) is 4.97. The van der Waals surface area contributed by atoms with Crippen molar-refractivity contribution < 1.29 is 13.2 Å². The van der Waals surface area contributed by atoms with Crippen molar-refractivity contribution in [2.75, 3.05) is 10.6 Å². The third-order valence-electron chi connectivity index (χ3n) is 6.26. The molecule has 2 aromatic heterocycles. The predicted molar refractivity (Wildman–Crippen MR) is 155 cm³/mol. The number of urea groups is 1. The molecule has 0 saturated heterocycles. The fourth-order valence-electron chi connectivity index (χ4n) is 4.44. The average Bonchev–Trinajstić information content (AvgIpc) is 3.36. The second kappa shape index (κ2) is 10.6. The van der Waals surface area contributed by atoms with E-state index >= 15 is 0 Å². The van der Waals surface area contributed by atoms with Gasteiger partial charge in [0.15, 0.2) is 0 Å². The van der Waals surface area contributed by atoms with Crippen molar-refractivity contribution in [3.05, 3.63) is 95.5 Å². The first-order chi connectivity index (χ1) is 18.4. The van der Waals surface area contributed by atoms with Gasteiger partial charge in [-0.3, -0.25) is 4.90 Å². The topological polar surface area (TPSA) is 145 Å². The van der Waals surface area contributed by atoms with Crippen molar-refractivity contribution >= 4 is 55.4 Å². The fourth-order valence-corrected chi connectivity index (χ4v) is 6.07. The van der Waals surface area contributed by atoms with Crippen LogP contribution in [0.15, 0.2) is 84.4 Å². The lowest BCUT2D eigenvalue weighted by Gasteiger charge is -2.21. The van der Waals surface area contributed by atoms with Crippen molar-refractivity contribution in [3.63, 3.8) is 0 Å². The summed E-state index contributed by atoms with van der Waals surface area (Å²) in [5.41, 5.74) is 24.4. The van der Waals surface area contributed by atoms with Crippen LogP contribution in [0, 0.1) is 0 Å². The summed E-state index contributed by atoms with van der Waals surface area (Å²) in [6.07, 6.45) is 1.74. The summed E-state index contributed by atoms with van der Waals surface area (Å²) in [7, 11) is -2.48. The number of thiol groups is 1. The predicted octanol–water partition coefficient (Wildman–Crippen LogP) is 5.00. The number of primary amides is 1. The highest BCUT2D eigenvalue weighted by molar-refractivity contribution is 7.71. The van der Waals surface area contributed by atoms with E-state index in [4.69, 9.17) is 17.2 Å². The smallest absolute Gasteiger partial charge is 0.323 e. The molecule has 38 heavy (non-hydrogen) atoms. The number of nitrogen functional groups attached to an aromatic ring is 1. The molecular weight excluding hydrogens is 518 g/mol. The molecule has 2 amide bonds. The molecule has 0 aliphatic carbocycles. The number of hydrogen-bond acceptors (Lipinski definition) is 7. The molecule has 5 aromatic rings. The minimum absolute atomic E-state index is 0.00972. The summed E-state index contributed by atoms with van der Waals surface area (Å²) >= 11 is 1.56. The van der Waals surface area contributed by atoms with Gasteiger partial charge in [-0.2, -0.15) is 0 Å². The lowest BCUT2D eigenvalue weighted by atomic mass is 10.0. The maximum Gasteiger partial charge on any atom is 0.323 e. The van der Waals surface area contributed by atoms with Crippen LogP contribution in [0.2, 0.25) is 0 Å². The number of anilines is 3. The van der Waals surface area contributed by atoms with Gasteiger partial charge in [-0.1, -0.05) is 48.5 Å². The van der Waals surface area contributed by atoms with E-state index in [2.05, 4.69) is 4.98 Å². The number of pyridine rings is 1. The highest BCUT2D eigenvalue weighted by Crippen LogP contribution is 2.42. The number of carbonyl (C=O) groups is 1. The van der Waals surface area contributed by atoms with Crippen LogP contribution < -0.4 is 22.1 Å². The van der Waals surface area contributed by atoms with Crippen LogP contribution >= 0.6 is 11.3 Å². The van der Waals surface area contributed by atoms with Gasteiger partial charge >= 0.3 is 6.03 Å². The zero-order chi connectivity index (χ0) is 26.8. The molecule has 0 unspecified atom stereocenters. The van der Waals surface area contributed by atoms with E-state index in [1.54, 1.807) is 17.5 Å². The van der Waals surface area contributed by atoms with Crippen molar-refractivity contribution in [1.29, 1.82) is 0 Å². The SMILES string of the molecule is NCc1cccc(N(C(N)=O)c2ccc(-c3csc4c(-c5ccc(C[SH](=O)=O)cc5)cnc(N)c34)cc2)c1. The number of aromatic nitrogens is 1. The quantitative estimate of drug-likeness (QED) is 0.213. The number of hydrogen-bond donors (Lipinski definition) is 4. The lowest BCUT2D eigenvalue weighted by Crippen LogP contribution is -2.31. The first-order valence-corrected chi connectivity index (χ1v) is 14.0. The van der Waals surface area contributed by atoms with Gasteiger partial charge in [0.2, 0.25) is 0 Å². The number of nitrogens with zero attached hydrogens (tertiary/aromatic N) is 2. The van der Waals surface area contributed by atoms with Gasteiger partial charge < -0.3 is 17.2 Å².